The summed E-state index contributed by atoms with van der Waals surface area (Å²) in [5, 5.41) is 6.52. The number of alkyl halides is 3. The Morgan fingerprint density at radius 3 is 2.66 bits per heavy atom. The lowest BCUT2D eigenvalue weighted by molar-refractivity contribution is -0.143. The lowest BCUT2D eigenvalue weighted by Gasteiger charge is -2.13. The number of nitrogens with one attached hydrogen (secondary N) is 1. The highest BCUT2D eigenvalue weighted by molar-refractivity contribution is 6.30. The smallest absolute Gasteiger partial charge is 0.434 e. The van der Waals surface area contributed by atoms with Gasteiger partial charge < -0.3 is 10.1 Å². The first-order valence-electron chi connectivity index (χ1n) is 8.53. The number of rotatable bonds is 5. The van der Waals surface area contributed by atoms with Crippen molar-refractivity contribution in [3.63, 3.8) is 0 Å². The molecule has 2 aromatic carbocycles. The van der Waals surface area contributed by atoms with Crippen molar-refractivity contribution in [2.24, 2.45) is 0 Å². The molecule has 0 atom stereocenters. The van der Waals surface area contributed by atoms with Crippen LogP contribution in [-0.4, -0.2) is 22.8 Å². The number of methoxy groups -OCH3 is 1. The summed E-state index contributed by atoms with van der Waals surface area (Å²) in [5.41, 5.74) is -0.0382. The van der Waals surface area contributed by atoms with Crippen LogP contribution >= 0.6 is 11.6 Å². The molecule has 0 saturated heterocycles. The summed E-state index contributed by atoms with van der Waals surface area (Å²) in [4.78, 5) is 12.5. The van der Waals surface area contributed by atoms with Gasteiger partial charge in [0.15, 0.2) is 5.69 Å². The van der Waals surface area contributed by atoms with Gasteiger partial charge in [-0.15, -0.1) is 0 Å². The zero-order valence-corrected chi connectivity index (χ0v) is 16.3. The van der Waals surface area contributed by atoms with E-state index in [0.717, 1.165) is 11.8 Å². The van der Waals surface area contributed by atoms with Crippen LogP contribution in [0.15, 0.2) is 48.7 Å². The van der Waals surface area contributed by atoms with Crippen molar-refractivity contribution >= 4 is 17.5 Å². The van der Waals surface area contributed by atoms with Gasteiger partial charge in [-0.05, 0) is 42.3 Å². The van der Waals surface area contributed by atoms with Crippen LogP contribution in [0.2, 0.25) is 5.02 Å². The van der Waals surface area contributed by atoms with Gasteiger partial charge in [0.2, 0.25) is 0 Å². The Balaban J connectivity index is 1.89. The highest BCUT2D eigenvalue weighted by Gasteiger charge is 2.40. The molecule has 0 fully saturated rings. The maximum absolute atomic E-state index is 13.7. The van der Waals surface area contributed by atoms with Crippen molar-refractivity contribution in [2.75, 3.05) is 7.11 Å². The van der Waals surface area contributed by atoms with E-state index in [4.69, 9.17) is 16.3 Å². The van der Waals surface area contributed by atoms with Gasteiger partial charge in [0, 0.05) is 11.6 Å². The summed E-state index contributed by atoms with van der Waals surface area (Å²) >= 11 is 5.87. The number of hydrogen-bond donors (Lipinski definition) is 1. The fraction of sp³-hybridized carbons (Fsp3) is 0.200. The number of carbonyl (C=O) groups excluding carboxylic acids is 1. The number of benzene rings is 2. The Kier molecular flexibility index (Phi) is 5.83. The molecule has 152 valence electrons. The maximum Gasteiger partial charge on any atom is 0.434 e. The molecule has 1 heterocycles. The lowest BCUT2D eigenvalue weighted by Crippen LogP contribution is -2.26. The second kappa shape index (κ2) is 8.16. The van der Waals surface area contributed by atoms with Gasteiger partial charge in [-0.2, -0.15) is 18.3 Å². The summed E-state index contributed by atoms with van der Waals surface area (Å²) in [6, 6.07) is 11.1. The number of aromatic nitrogens is 2. The summed E-state index contributed by atoms with van der Waals surface area (Å²) < 4.78 is 47.0. The van der Waals surface area contributed by atoms with Gasteiger partial charge in [-0.1, -0.05) is 29.8 Å². The molecule has 0 radical (unpaired) electrons. The van der Waals surface area contributed by atoms with Crippen LogP contribution in [0.4, 0.5) is 13.2 Å². The molecule has 0 aliphatic rings. The molecule has 5 nitrogen and oxygen atoms in total. The molecular formula is C20H17ClF3N3O2. The van der Waals surface area contributed by atoms with Crippen LogP contribution in [0.5, 0.6) is 5.75 Å². The van der Waals surface area contributed by atoms with E-state index in [1.165, 1.54) is 31.4 Å². The number of ether oxygens (including phenoxy) is 1. The number of amides is 1. The molecule has 1 amide bonds. The van der Waals surface area contributed by atoms with E-state index in [-0.39, 0.29) is 17.3 Å². The molecule has 3 aromatic rings. The second-order valence-corrected chi connectivity index (χ2v) is 6.72. The van der Waals surface area contributed by atoms with E-state index in [1.807, 2.05) is 6.92 Å². The number of hydrogen-bond acceptors (Lipinski definition) is 3. The lowest BCUT2D eigenvalue weighted by atomic mass is 10.1. The molecule has 0 saturated carbocycles. The number of aryl methyl sites for hydroxylation is 1. The predicted molar refractivity (Wildman–Crippen MR) is 102 cm³/mol. The SMILES string of the molecule is COc1cc(CNC(=O)c2cnn(-c3cccc(Cl)c3)c2C(F)(F)F)ccc1C. The first kappa shape index (κ1) is 20.7. The third-order valence-corrected chi connectivity index (χ3v) is 4.50. The fourth-order valence-electron chi connectivity index (χ4n) is 2.84. The second-order valence-electron chi connectivity index (χ2n) is 6.28. The van der Waals surface area contributed by atoms with Crippen molar-refractivity contribution in [3.8, 4) is 11.4 Å². The summed E-state index contributed by atoms with van der Waals surface area (Å²) in [6.45, 7) is 1.90. The van der Waals surface area contributed by atoms with Crippen molar-refractivity contribution < 1.29 is 22.7 Å². The van der Waals surface area contributed by atoms with Gasteiger partial charge in [-0.3, -0.25) is 4.79 Å². The molecule has 0 aliphatic heterocycles. The topological polar surface area (TPSA) is 56.1 Å². The van der Waals surface area contributed by atoms with Crippen molar-refractivity contribution in [3.05, 3.63) is 76.1 Å². The zero-order valence-electron chi connectivity index (χ0n) is 15.5. The molecule has 0 spiro atoms. The minimum atomic E-state index is -4.79. The Labute approximate surface area is 170 Å². The molecule has 0 aliphatic carbocycles. The number of nitrogens with zero attached hydrogens (tertiary/aromatic N) is 2. The van der Waals surface area contributed by atoms with E-state index < -0.39 is 23.3 Å². The van der Waals surface area contributed by atoms with Crippen molar-refractivity contribution in [1.82, 2.24) is 15.1 Å². The van der Waals surface area contributed by atoms with E-state index in [1.54, 1.807) is 18.2 Å². The van der Waals surface area contributed by atoms with E-state index in [9.17, 15) is 18.0 Å². The van der Waals surface area contributed by atoms with Crippen LogP contribution in [0.25, 0.3) is 5.69 Å². The van der Waals surface area contributed by atoms with E-state index >= 15 is 0 Å². The van der Waals surface area contributed by atoms with Crippen molar-refractivity contribution in [2.45, 2.75) is 19.6 Å². The summed E-state index contributed by atoms with van der Waals surface area (Å²) in [5.74, 6) is -0.258. The third kappa shape index (κ3) is 4.54. The average molecular weight is 424 g/mol. The molecule has 1 aromatic heterocycles. The summed E-state index contributed by atoms with van der Waals surface area (Å²) in [6.07, 6.45) is -3.90. The Morgan fingerprint density at radius 1 is 1.24 bits per heavy atom. The van der Waals surface area contributed by atoms with Crippen LogP contribution in [0, 0.1) is 6.92 Å². The molecule has 29 heavy (non-hydrogen) atoms. The Bertz CT molecular complexity index is 1050. The fourth-order valence-corrected chi connectivity index (χ4v) is 3.03. The molecule has 1 N–H and O–H groups in total. The Morgan fingerprint density at radius 2 is 2.00 bits per heavy atom. The quantitative estimate of drug-likeness (QED) is 0.642. The summed E-state index contributed by atoms with van der Waals surface area (Å²) in [7, 11) is 1.52. The monoisotopic (exact) mass is 423 g/mol. The average Bonchev–Trinajstić information content (AvgIpc) is 3.13. The number of carbonyl (C=O) groups is 1. The molecular weight excluding hydrogens is 407 g/mol. The van der Waals surface area contributed by atoms with Crippen LogP contribution < -0.4 is 10.1 Å². The van der Waals surface area contributed by atoms with E-state index in [0.29, 0.717) is 16.0 Å². The largest absolute Gasteiger partial charge is 0.496 e. The molecule has 9 heteroatoms. The highest BCUT2D eigenvalue weighted by atomic mass is 35.5. The first-order chi connectivity index (χ1) is 13.7. The van der Waals surface area contributed by atoms with Gasteiger partial charge in [0.05, 0.1) is 24.6 Å². The van der Waals surface area contributed by atoms with Gasteiger partial charge in [0.1, 0.15) is 5.75 Å². The normalized spacial score (nSPS) is 11.4. The van der Waals surface area contributed by atoms with Crippen molar-refractivity contribution in [1.29, 1.82) is 0 Å². The van der Waals surface area contributed by atoms with Gasteiger partial charge in [-0.25, -0.2) is 4.68 Å². The predicted octanol–water partition coefficient (Wildman–Crippen LogP) is 4.79. The number of halogens is 4. The molecule has 0 unspecified atom stereocenters. The molecule has 3 rings (SSSR count). The molecule has 0 bridgehead atoms. The van der Waals surface area contributed by atoms with E-state index in [2.05, 4.69) is 10.4 Å². The minimum absolute atomic E-state index is 0.0368. The van der Waals surface area contributed by atoms with Gasteiger partial charge >= 0.3 is 6.18 Å². The van der Waals surface area contributed by atoms with Crippen LogP contribution in [0.1, 0.15) is 27.2 Å². The first-order valence-corrected chi connectivity index (χ1v) is 8.91. The third-order valence-electron chi connectivity index (χ3n) is 4.26. The zero-order chi connectivity index (χ0) is 21.2. The minimum Gasteiger partial charge on any atom is -0.496 e. The van der Waals surface area contributed by atoms with Crippen LogP contribution in [-0.2, 0) is 12.7 Å². The Hall–Kier alpha value is -3.00. The van der Waals surface area contributed by atoms with Gasteiger partial charge in [0.25, 0.3) is 5.91 Å². The maximum atomic E-state index is 13.7. The standard InChI is InChI=1S/C20H17ClF3N3O2/c1-12-6-7-13(8-17(12)29-2)10-25-19(28)16-11-26-27(18(16)20(22,23)24)15-5-3-4-14(21)9-15/h3-9,11H,10H2,1-2H3,(H,25,28). The van der Waals surface area contributed by atoms with Crippen LogP contribution in [0.3, 0.4) is 0 Å². The highest BCUT2D eigenvalue weighted by Crippen LogP contribution is 2.34.